The highest BCUT2D eigenvalue weighted by molar-refractivity contribution is 7.91. The summed E-state index contributed by atoms with van der Waals surface area (Å²) in [5.74, 6) is 0.778. The third-order valence-electron chi connectivity index (χ3n) is 5.39. The molecule has 0 bridgehead atoms. The monoisotopic (exact) mass is 444 g/mol. The average Bonchev–Trinajstić information content (AvgIpc) is 3.35. The molecule has 1 fully saturated rings. The van der Waals surface area contributed by atoms with E-state index in [-0.39, 0.29) is 5.41 Å². The van der Waals surface area contributed by atoms with Crippen LogP contribution in [0, 0.1) is 5.41 Å². The summed E-state index contributed by atoms with van der Waals surface area (Å²) < 4.78 is 31.7. The van der Waals surface area contributed by atoms with Gasteiger partial charge in [-0.15, -0.1) is 11.3 Å². The molecule has 7 nitrogen and oxygen atoms in total. The van der Waals surface area contributed by atoms with Crippen molar-refractivity contribution in [1.29, 1.82) is 0 Å². The van der Waals surface area contributed by atoms with Crippen LogP contribution in [0.1, 0.15) is 50.8 Å². The second kappa shape index (κ2) is 11.3. The molecule has 0 radical (unpaired) electrons. The van der Waals surface area contributed by atoms with E-state index in [0.717, 1.165) is 43.6 Å². The summed E-state index contributed by atoms with van der Waals surface area (Å²) in [6.07, 6.45) is 6.08. The molecule has 1 heterocycles. The number of hydrogen-bond acceptors (Lipinski definition) is 5. The molecular formula is C20H36N4O3S2. The Balaban J connectivity index is 2.00. The highest BCUT2D eigenvalue weighted by atomic mass is 32.2. The molecule has 0 aromatic carbocycles. The molecule has 2 rings (SSSR count). The van der Waals surface area contributed by atoms with Crippen LogP contribution in [0.15, 0.2) is 21.3 Å². The first kappa shape index (κ1) is 24.1. The van der Waals surface area contributed by atoms with Crippen LogP contribution in [0.4, 0.5) is 0 Å². The van der Waals surface area contributed by atoms with Crippen molar-refractivity contribution >= 4 is 27.3 Å². The van der Waals surface area contributed by atoms with Gasteiger partial charge in [0, 0.05) is 45.3 Å². The van der Waals surface area contributed by atoms with Gasteiger partial charge in [0.15, 0.2) is 5.96 Å². The average molecular weight is 445 g/mol. The summed E-state index contributed by atoms with van der Waals surface area (Å²) in [5, 5.41) is 6.82. The van der Waals surface area contributed by atoms with Gasteiger partial charge in [-0.2, -0.15) is 0 Å². The van der Waals surface area contributed by atoms with Gasteiger partial charge in [0.25, 0.3) is 10.0 Å². The predicted molar refractivity (Wildman–Crippen MR) is 120 cm³/mol. The summed E-state index contributed by atoms with van der Waals surface area (Å²) >= 11 is 1.28. The number of nitrogens with zero attached hydrogens (tertiary/aromatic N) is 2. The van der Waals surface area contributed by atoms with Crippen molar-refractivity contribution in [3.05, 3.63) is 17.0 Å². The second-order valence-corrected chi connectivity index (χ2v) is 11.3. The highest BCUT2D eigenvalue weighted by Gasteiger charge is 2.33. The lowest BCUT2D eigenvalue weighted by Gasteiger charge is -2.30. The summed E-state index contributed by atoms with van der Waals surface area (Å²) in [6.45, 7) is 7.78. The molecule has 0 atom stereocenters. The van der Waals surface area contributed by atoms with Gasteiger partial charge in [-0.25, -0.2) is 17.7 Å². The summed E-state index contributed by atoms with van der Waals surface area (Å²) in [5.41, 5.74) is 0.279. The number of sulfonamides is 1. The molecule has 1 aliphatic rings. The minimum absolute atomic E-state index is 0.279. The lowest BCUT2D eigenvalue weighted by atomic mass is 9.83. The van der Waals surface area contributed by atoms with Crippen LogP contribution in [-0.2, 0) is 21.3 Å². The fraction of sp³-hybridized carbons (Fsp3) is 0.750. The molecule has 29 heavy (non-hydrogen) atoms. The molecule has 0 unspecified atom stereocenters. The summed E-state index contributed by atoms with van der Waals surface area (Å²) in [7, 11) is -0.293. The number of guanidine groups is 1. The lowest BCUT2D eigenvalue weighted by Crippen LogP contribution is -2.43. The fourth-order valence-electron chi connectivity index (χ4n) is 3.60. The molecule has 166 valence electrons. The van der Waals surface area contributed by atoms with E-state index in [9.17, 15) is 8.42 Å². The molecule has 9 heteroatoms. The van der Waals surface area contributed by atoms with Crippen molar-refractivity contribution in [2.45, 2.75) is 56.7 Å². The number of rotatable bonds is 11. The van der Waals surface area contributed by atoms with Gasteiger partial charge >= 0.3 is 0 Å². The van der Waals surface area contributed by atoms with E-state index >= 15 is 0 Å². The number of ether oxygens (including phenoxy) is 1. The molecule has 2 N–H and O–H groups in total. The number of hydrogen-bond donors (Lipinski definition) is 2. The van der Waals surface area contributed by atoms with Crippen molar-refractivity contribution < 1.29 is 13.2 Å². The van der Waals surface area contributed by atoms with E-state index in [1.807, 2.05) is 19.9 Å². The molecule has 1 aromatic heterocycles. The highest BCUT2D eigenvalue weighted by Crippen LogP contribution is 2.40. The van der Waals surface area contributed by atoms with Gasteiger partial charge in [0.2, 0.25) is 0 Å². The predicted octanol–water partition coefficient (Wildman–Crippen LogP) is 3.04. The van der Waals surface area contributed by atoms with E-state index in [4.69, 9.17) is 4.74 Å². The van der Waals surface area contributed by atoms with Gasteiger partial charge in [-0.3, -0.25) is 0 Å². The lowest BCUT2D eigenvalue weighted by molar-refractivity contribution is 0.105. The van der Waals surface area contributed by atoms with Gasteiger partial charge in [0.1, 0.15) is 4.21 Å². The first-order valence-electron chi connectivity index (χ1n) is 10.4. The first-order chi connectivity index (χ1) is 13.8. The largest absolute Gasteiger partial charge is 0.382 e. The van der Waals surface area contributed by atoms with E-state index in [1.54, 1.807) is 20.2 Å². The third kappa shape index (κ3) is 6.94. The zero-order chi connectivity index (χ0) is 21.3. The van der Waals surface area contributed by atoms with E-state index in [0.29, 0.717) is 10.8 Å². The maximum atomic E-state index is 12.2. The minimum atomic E-state index is -3.39. The Bertz CT molecular complexity index is 754. The molecule has 0 saturated heterocycles. The molecule has 1 aromatic rings. The van der Waals surface area contributed by atoms with Crippen LogP contribution in [-0.4, -0.2) is 59.1 Å². The standard InChI is InChI=1S/C20H36N4O3S2/c1-5-21-19(23-16-20(11-7-8-12-20)13-14-27-6-2)22-15-17-9-10-18(28-17)29(25,26)24(3)4/h9-10H,5-8,11-16H2,1-4H3,(H2,21,22,23). The van der Waals surface area contributed by atoms with Crippen LogP contribution in [0.2, 0.25) is 0 Å². The van der Waals surface area contributed by atoms with Crippen LogP contribution >= 0.6 is 11.3 Å². The Hall–Kier alpha value is -1.16. The molecule has 0 aliphatic heterocycles. The normalized spacial score (nSPS) is 17.1. The smallest absolute Gasteiger partial charge is 0.252 e. The van der Waals surface area contributed by atoms with Crippen molar-refractivity contribution in [3.8, 4) is 0 Å². The van der Waals surface area contributed by atoms with E-state index < -0.39 is 10.0 Å². The van der Waals surface area contributed by atoms with E-state index in [2.05, 4.69) is 15.6 Å². The zero-order valence-electron chi connectivity index (χ0n) is 18.2. The first-order valence-corrected chi connectivity index (χ1v) is 12.7. The summed E-state index contributed by atoms with van der Waals surface area (Å²) in [4.78, 5) is 5.60. The minimum Gasteiger partial charge on any atom is -0.382 e. The fourth-order valence-corrected chi connectivity index (χ4v) is 6.05. The van der Waals surface area contributed by atoms with Crippen LogP contribution in [0.3, 0.4) is 0 Å². The van der Waals surface area contributed by atoms with E-state index in [1.165, 1.54) is 41.3 Å². The Kier molecular flexibility index (Phi) is 9.39. The van der Waals surface area contributed by atoms with Crippen LogP contribution < -0.4 is 10.6 Å². The van der Waals surface area contributed by atoms with Gasteiger partial charge < -0.3 is 15.4 Å². The number of thiophene rings is 1. The van der Waals surface area contributed by atoms with Crippen molar-refractivity contribution in [1.82, 2.24) is 14.9 Å². The second-order valence-electron chi connectivity index (χ2n) is 7.71. The topological polar surface area (TPSA) is 83.0 Å². The molecule has 1 aliphatic carbocycles. The Morgan fingerprint density at radius 3 is 2.59 bits per heavy atom. The third-order valence-corrected chi connectivity index (χ3v) is 8.74. The van der Waals surface area contributed by atoms with Gasteiger partial charge in [-0.1, -0.05) is 12.8 Å². The van der Waals surface area contributed by atoms with Crippen molar-refractivity contribution in [3.63, 3.8) is 0 Å². The molecule has 0 amide bonds. The van der Waals surface area contributed by atoms with Crippen molar-refractivity contribution in [2.24, 2.45) is 10.4 Å². The van der Waals surface area contributed by atoms with Crippen LogP contribution in [0.25, 0.3) is 0 Å². The number of aliphatic imine (C=N–C) groups is 1. The van der Waals surface area contributed by atoms with Crippen LogP contribution in [0.5, 0.6) is 0 Å². The number of nitrogens with one attached hydrogen (secondary N) is 2. The van der Waals surface area contributed by atoms with Gasteiger partial charge in [-0.05, 0) is 50.7 Å². The van der Waals surface area contributed by atoms with Crippen molar-refractivity contribution in [2.75, 3.05) is 40.4 Å². The quantitative estimate of drug-likeness (QED) is 0.311. The Morgan fingerprint density at radius 2 is 1.97 bits per heavy atom. The zero-order valence-corrected chi connectivity index (χ0v) is 19.8. The maximum absolute atomic E-state index is 12.2. The summed E-state index contributed by atoms with van der Waals surface area (Å²) in [6, 6.07) is 3.50. The van der Waals surface area contributed by atoms with Gasteiger partial charge in [0.05, 0.1) is 6.54 Å². The Labute approximate surface area is 180 Å². The maximum Gasteiger partial charge on any atom is 0.252 e. The SMILES string of the molecule is CCNC(=NCc1ccc(S(=O)(=O)N(C)C)s1)NCC1(CCOCC)CCCC1. The molecule has 1 saturated carbocycles. The molecular weight excluding hydrogens is 408 g/mol. The Morgan fingerprint density at radius 1 is 1.24 bits per heavy atom. The molecule has 0 spiro atoms.